The Morgan fingerprint density at radius 1 is 1.13 bits per heavy atom. The number of hydrogen-bond acceptors (Lipinski definition) is 3. The number of rotatable bonds is 9. The first-order valence-corrected chi connectivity index (χ1v) is 10.9. The fourth-order valence-corrected chi connectivity index (χ4v) is 4.10. The second-order valence-electron chi connectivity index (χ2n) is 7.93. The van der Waals surface area contributed by atoms with E-state index in [1.165, 1.54) is 12.1 Å². The number of carbonyl (C=O) groups excluding carboxylic acids is 1. The van der Waals surface area contributed by atoms with Gasteiger partial charge in [-0.05, 0) is 49.4 Å². The van der Waals surface area contributed by atoms with Gasteiger partial charge >= 0.3 is 0 Å². The highest BCUT2D eigenvalue weighted by Crippen LogP contribution is 2.33. The number of benzene rings is 2. The van der Waals surface area contributed by atoms with Crippen LogP contribution in [0.4, 0.5) is 13.2 Å². The fraction of sp³-hybridized carbons (Fsp3) is 0.480. The van der Waals surface area contributed by atoms with Gasteiger partial charge in [-0.25, -0.2) is 13.2 Å². The molecule has 2 aromatic carbocycles. The molecule has 1 saturated heterocycles. The predicted octanol–water partition coefficient (Wildman–Crippen LogP) is 6.65. The molecule has 3 nitrogen and oxygen atoms in total. The molecule has 0 aromatic heterocycles. The van der Waals surface area contributed by atoms with E-state index in [0.29, 0.717) is 24.2 Å². The first-order valence-electron chi connectivity index (χ1n) is 10.9. The maximum absolute atomic E-state index is 14.4. The van der Waals surface area contributed by atoms with Gasteiger partial charge in [-0.15, -0.1) is 0 Å². The van der Waals surface area contributed by atoms with Crippen LogP contribution in [-0.2, 0) is 11.2 Å². The van der Waals surface area contributed by atoms with Crippen LogP contribution in [0.3, 0.4) is 0 Å². The molecule has 1 heterocycles. The second-order valence-corrected chi connectivity index (χ2v) is 7.93. The molecule has 2 unspecified atom stereocenters. The number of halogens is 3. The number of ether oxygens (including phenoxy) is 2. The first kappa shape index (κ1) is 23.3. The Balaban J connectivity index is 1.69. The van der Waals surface area contributed by atoms with Crippen molar-refractivity contribution < 1.29 is 27.4 Å². The van der Waals surface area contributed by atoms with Crippen LogP contribution in [0.5, 0.6) is 5.75 Å². The highest BCUT2D eigenvalue weighted by atomic mass is 19.3. The molecule has 6 heteroatoms. The summed E-state index contributed by atoms with van der Waals surface area (Å²) in [6, 6.07) is 10.0. The quantitative estimate of drug-likeness (QED) is 0.415. The van der Waals surface area contributed by atoms with E-state index in [-0.39, 0.29) is 24.3 Å². The van der Waals surface area contributed by atoms with Crippen LogP contribution in [-0.4, -0.2) is 25.1 Å². The predicted molar refractivity (Wildman–Crippen MR) is 114 cm³/mol. The van der Waals surface area contributed by atoms with Crippen LogP contribution < -0.4 is 4.74 Å². The van der Waals surface area contributed by atoms with E-state index in [0.717, 1.165) is 31.2 Å². The van der Waals surface area contributed by atoms with Gasteiger partial charge in [0, 0.05) is 17.9 Å². The summed E-state index contributed by atoms with van der Waals surface area (Å²) in [5, 5.41) is 0. The van der Waals surface area contributed by atoms with Crippen LogP contribution in [0, 0.1) is 5.82 Å². The Labute approximate surface area is 181 Å². The summed E-state index contributed by atoms with van der Waals surface area (Å²) in [4.78, 5) is 12.7. The van der Waals surface area contributed by atoms with E-state index >= 15 is 0 Å². The number of Topliss-reactive ketones (excluding diaryl/α,β-unsaturated/α-hetero) is 1. The summed E-state index contributed by atoms with van der Waals surface area (Å²) in [5.41, 5.74) is 0.645. The van der Waals surface area contributed by atoms with Crippen molar-refractivity contribution in [2.24, 2.45) is 0 Å². The van der Waals surface area contributed by atoms with Gasteiger partial charge in [-0.3, -0.25) is 4.79 Å². The molecule has 1 aliphatic rings. The van der Waals surface area contributed by atoms with Gasteiger partial charge in [0.1, 0.15) is 0 Å². The minimum absolute atomic E-state index is 0.0762. The molecule has 31 heavy (non-hydrogen) atoms. The number of alkyl halides is 2. The molecule has 0 amide bonds. The molecular weight excluding hydrogens is 405 g/mol. The van der Waals surface area contributed by atoms with Gasteiger partial charge in [0.2, 0.25) is 0 Å². The van der Waals surface area contributed by atoms with E-state index in [9.17, 15) is 18.0 Å². The van der Waals surface area contributed by atoms with Gasteiger partial charge in [-0.2, -0.15) is 0 Å². The standard InChI is InChI=1S/C25H29F3O3/c1-3-5-19-11-10-18(15-31-19)17-8-6-16(7-9-17)14-21(29)20-12-13-22(30-4-2)24(26)23(20)25(27)28/h6-9,12-13,18-19,25H,3-5,10-11,14-15H2,1-2H3. The van der Waals surface area contributed by atoms with E-state index in [4.69, 9.17) is 9.47 Å². The van der Waals surface area contributed by atoms with Crippen molar-refractivity contribution in [1.29, 1.82) is 0 Å². The number of hydrogen-bond donors (Lipinski definition) is 0. The van der Waals surface area contributed by atoms with Crippen LogP contribution in [0.25, 0.3) is 0 Å². The van der Waals surface area contributed by atoms with Gasteiger partial charge in [0.05, 0.1) is 24.9 Å². The Morgan fingerprint density at radius 2 is 1.87 bits per heavy atom. The number of ketones is 1. The Bertz CT molecular complexity index is 872. The zero-order valence-corrected chi connectivity index (χ0v) is 18.0. The topological polar surface area (TPSA) is 35.5 Å². The zero-order chi connectivity index (χ0) is 22.4. The van der Waals surface area contributed by atoms with Crippen molar-refractivity contribution >= 4 is 5.78 Å². The third kappa shape index (κ3) is 5.67. The normalized spacial score (nSPS) is 18.9. The lowest BCUT2D eigenvalue weighted by Crippen LogP contribution is -2.24. The molecule has 2 atom stereocenters. The van der Waals surface area contributed by atoms with E-state index in [1.54, 1.807) is 6.92 Å². The molecule has 0 N–H and O–H groups in total. The van der Waals surface area contributed by atoms with E-state index < -0.39 is 23.6 Å². The van der Waals surface area contributed by atoms with Crippen molar-refractivity contribution in [2.75, 3.05) is 13.2 Å². The second kappa shape index (κ2) is 10.8. The molecule has 0 bridgehead atoms. The SMILES string of the molecule is CCCC1CCC(c2ccc(CC(=O)c3ccc(OCC)c(F)c3C(F)F)cc2)CO1. The average Bonchev–Trinajstić information content (AvgIpc) is 2.76. The summed E-state index contributed by atoms with van der Waals surface area (Å²) >= 11 is 0. The van der Waals surface area contributed by atoms with Crippen LogP contribution in [0.15, 0.2) is 36.4 Å². The molecule has 0 saturated carbocycles. The highest BCUT2D eigenvalue weighted by molar-refractivity contribution is 5.99. The molecule has 0 aliphatic carbocycles. The molecule has 3 rings (SSSR count). The van der Waals surface area contributed by atoms with Gasteiger partial charge in [-0.1, -0.05) is 37.6 Å². The van der Waals surface area contributed by atoms with E-state index in [1.807, 2.05) is 24.3 Å². The maximum atomic E-state index is 14.4. The third-order valence-electron chi connectivity index (χ3n) is 5.76. The molecule has 1 fully saturated rings. The number of carbonyl (C=O) groups is 1. The Kier molecular flexibility index (Phi) is 8.13. The fourth-order valence-electron chi connectivity index (χ4n) is 4.10. The first-order chi connectivity index (χ1) is 14.9. The van der Waals surface area contributed by atoms with Crippen LogP contribution in [0.1, 0.15) is 78.9 Å². The monoisotopic (exact) mass is 434 g/mol. The van der Waals surface area contributed by atoms with Crippen molar-refractivity contribution in [1.82, 2.24) is 0 Å². The van der Waals surface area contributed by atoms with Crippen molar-refractivity contribution in [2.45, 2.75) is 64.4 Å². The summed E-state index contributed by atoms with van der Waals surface area (Å²) in [6.45, 7) is 4.62. The van der Waals surface area contributed by atoms with Crippen molar-refractivity contribution in [3.05, 3.63) is 64.5 Å². The zero-order valence-electron chi connectivity index (χ0n) is 18.0. The maximum Gasteiger partial charge on any atom is 0.267 e. The molecule has 168 valence electrons. The smallest absolute Gasteiger partial charge is 0.267 e. The largest absolute Gasteiger partial charge is 0.491 e. The minimum atomic E-state index is -3.11. The summed E-state index contributed by atoms with van der Waals surface area (Å²) < 4.78 is 52.4. The molecule has 0 radical (unpaired) electrons. The lowest BCUT2D eigenvalue weighted by atomic mass is 9.89. The molecule has 2 aromatic rings. The van der Waals surface area contributed by atoms with Gasteiger partial charge < -0.3 is 9.47 Å². The minimum Gasteiger partial charge on any atom is -0.491 e. The highest BCUT2D eigenvalue weighted by Gasteiger charge is 2.26. The third-order valence-corrected chi connectivity index (χ3v) is 5.76. The van der Waals surface area contributed by atoms with Gasteiger partial charge in [0.25, 0.3) is 6.43 Å². The lowest BCUT2D eigenvalue weighted by molar-refractivity contribution is -0.00111. The average molecular weight is 434 g/mol. The summed E-state index contributed by atoms with van der Waals surface area (Å²) in [5.74, 6) is -1.66. The van der Waals surface area contributed by atoms with Crippen molar-refractivity contribution in [3.63, 3.8) is 0 Å². The molecule has 1 aliphatic heterocycles. The Hall–Kier alpha value is -2.34. The van der Waals surface area contributed by atoms with E-state index in [2.05, 4.69) is 6.92 Å². The summed E-state index contributed by atoms with van der Waals surface area (Å²) in [6.07, 6.45) is 1.46. The van der Waals surface area contributed by atoms with Gasteiger partial charge in [0.15, 0.2) is 17.3 Å². The Morgan fingerprint density at radius 3 is 2.45 bits per heavy atom. The molecular formula is C25H29F3O3. The van der Waals surface area contributed by atoms with Crippen molar-refractivity contribution in [3.8, 4) is 5.75 Å². The molecule has 0 spiro atoms. The lowest BCUT2D eigenvalue weighted by Gasteiger charge is -2.29. The van der Waals surface area contributed by atoms with Crippen LogP contribution >= 0.6 is 0 Å². The summed E-state index contributed by atoms with van der Waals surface area (Å²) in [7, 11) is 0. The van der Waals surface area contributed by atoms with Crippen LogP contribution in [0.2, 0.25) is 0 Å².